The molecule has 0 spiro atoms. The van der Waals surface area contributed by atoms with E-state index < -0.39 is 5.82 Å². The summed E-state index contributed by atoms with van der Waals surface area (Å²) in [6.45, 7) is 5.02. The fraction of sp³-hybridized carbons (Fsp3) is 0.500. The van der Waals surface area contributed by atoms with E-state index in [4.69, 9.17) is 11.6 Å². The second kappa shape index (κ2) is 5.68. The minimum absolute atomic E-state index is 0.00460. The Labute approximate surface area is 122 Å². The zero-order chi connectivity index (χ0) is 14.1. The molecular formula is C14H17ClFN3O. The third-order valence-corrected chi connectivity index (χ3v) is 4.35. The molecule has 6 heteroatoms. The molecule has 4 nitrogen and oxygen atoms in total. The van der Waals surface area contributed by atoms with Gasteiger partial charge in [0.05, 0.1) is 10.6 Å². The third-order valence-electron chi connectivity index (χ3n) is 4.06. The fourth-order valence-corrected chi connectivity index (χ4v) is 2.84. The number of carbonyl (C=O) groups is 1. The summed E-state index contributed by atoms with van der Waals surface area (Å²) >= 11 is 5.73. The van der Waals surface area contributed by atoms with Crippen molar-refractivity contribution < 1.29 is 9.18 Å². The highest BCUT2D eigenvalue weighted by molar-refractivity contribution is 6.31. The van der Waals surface area contributed by atoms with Crippen molar-refractivity contribution in [3.63, 3.8) is 0 Å². The van der Waals surface area contributed by atoms with Crippen LogP contribution in [0.25, 0.3) is 0 Å². The first-order valence-corrected chi connectivity index (χ1v) is 7.22. The van der Waals surface area contributed by atoms with Crippen LogP contribution >= 0.6 is 11.6 Å². The van der Waals surface area contributed by atoms with E-state index in [0.717, 1.165) is 26.2 Å². The average molecular weight is 298 g/mol. The van der Waals surface area contributed by atoms with E-state index in [0.29, 0.717) is 19.1 Å². The molecule has 0 aliphatic carbocycles. The standard InChI is InChI=1S/C14H17ClFN3O/c15-12-3-1-2-11(13(12)16)14(20)19-6-4-18(5-7-19)10-8-17-9-10/h1-3,10,17H,4-9H2. The zero-order valence-electron chi connectivity index (χ0n) is 11.1. The first-order chi connectivity index (χ1) is 9.66. The summed E-state index contributed by atoms with van der Waals surface area (Å²) in [5.74, 6) is -0.888. The third kappa shape index (κ3) is 2.53. The summed E-state index contributed by atoms with van der Waals surface area (Å²) in [7, 11) is 0. The highest BCUT2D eigenvalue weighted by Gasteiger charge is 2.30. The monoisotopic (exact) mass is 297 g/mol. The van der Waals surface area contributed by atoms with Gasteiger partial charge < -0.3 is 10.2 Å². The number of piperazine rings is 1. The Morgan fingerprint density at radius 1 is 1.25 bits per heavy atom. The van der Waals surface area contributed by atoms with Crippen LogP contribution in [0.5, 0.6) is 0 Å². The topological polar surface area (TPSA) is 35.6 Å². The van der Waals surface area contributed by atoms with Gasteiger partial charge in [-0.1, -0.05) is 17.7 Å². The van der Waals surface area contributed by atoms with Crippen molar-refractivity contribution in [2.45, 2.75) is 6.04 Å². The molecule has 2 saturated heterocycles. The fourth-order valence-electron chi connectivity index (χ4n) is 2.66. The van der Waals surface area contributed by atoms with E-state index in [1.54, 1.807) is 11.0 Å². The molecule has 20 heavy (non-hydrogen) atoms. The van der Waals surface area contributed by atoms with Crippen molar-refractivity contribution >= 4 is 17.5 Å². The number of halogens is 2. The van der Waals surface area contributed by atoms with Crippen LogP contribution in [0.1, 0.15) is 10.4 Å². The molecule has 1 aromatic rings. The Kier molecular flexibility index (Phi) is 3.92. The van der Waals surface area contributed by atoms with Crippen LogP contribution in [0.4, 0.5) is 4.39 Å². The van der Waals surface area contributed by atoms with Crippen LogP contribution in [0.15, 0.2) is 18.2 Å². The van der Waals surface area contributed by atoms with E-state index in [1.165, 1.54) is 12.1 Å². The van der Waals surface area contributed by atoms with Gasteiger partial charge in [-0.25, -0.2) is 4.39 Å². The van der Waals surface area contributed by atoms with Gasteiger partial charge in [-0.05, 0) is 12.1 Å². The maximum atomic E-state index is 13.9. The number of benzene rings is 1. The number of rotatable bonds is 2. The van der Waals surface area contributed by atoms with Crippen molar-refractivity contribution in [1.82, 2.24) is 15.1 Å². The lowest BCUT2D eigenvalue weighted by Crippen LogP contribution is -2.62. The van der Waals surface area contributed by atoms with Crippen molar-refractivity contribution in [3.05, 3.63) is 34.6 Å². The number of nitrogens with one attached hydrogen (secondary N) is 1. The van der Waals surface area contributed by atoms with Crippen molar-refractivity contribution in [1.29, 1.82) is 0 Å². The molecule has 0 bridgehead atoms. The van der Waals surface area contributed by atoms with Crippen LogP contribution in [-0.2, 0) is 0 Å². The quantitative estimate of drug-likeness (QED) is 0.891. The first-order valence-electron chi connectivity index (χ1n) is 6.85. The molecule has 0 saturated carbocycles. The molecule has 1 amide bonds. The summed E-state index contributed by atoms with van der Waals surface area (Å²) in [5, 5.41) is 3.24. The summed E-state index contributed by atoms with van der Waals surface area (Å²) in [6.07, 6.45) is 0. The normalized spacial score (nSPS) is 20.8. The lowest BCUT2D eigenvalue weighted by Gasteiger charge is -2.43. The second-order valence-corrected chi connectivity index (χ2v) is 5.65. The van der Waals surface area contributed by atoms with Crippen LogP contribution in [0, 0.1) is 5.82 Å². The second-order valence-electron chi connectivity index (χ2n) is 5.24. The molecule has 1 N–H and O–H groups in total. The molecule has 2 fully saturated rings. The van der Waals surface area contributed by atoms with E-state index in [2.05, 4.69) is 10.2 Å². The van der Waals surface area contributed by atoms with Gasteiger partial charge in [0.15, 0.2) is 5.82 Å². The summed E-state index contributed by atoms with van der Waals surface area (Å²) in [5.41, 5.74) is 0.0660. The van der Waals surface area contributed by atoms with Crippen LogP contribution in [0.3, 0.4) is 0 Å². The average Bonchev–Trinajstić information content (AvgIpc) is 2.40. The van der Waals surface area contributed by atoms with Crippen molar-refractivity contribution in [3.8, 4) is 0 Å². The predicted octanol–water partition coefficient (Wildman–Crippen LogP) is 1.21. The van der Waals surface area contributed by atoms with Gasteiger partial charge in [-0.15, -0.1) is 0 Å². The zero-order valence-corrected chi connectivity index (χ0v) is 11.9. The predicted molar refractivity (Wildman–Crippen MR) is 75.5 cm³/mol. The van der Waals surface area contributed by atoms with Crippen molar-refractivity contribution in [2.24, 2.45) is 0 Å². The van der Waals surface area contributed by atoms with Crippen molar-refractivity contribution in [2.75, 3.05) is 39.3 Å². The molecule has 1 aromatic carbocycles. The first kappa shape index (κ1) is 13.8. The molecule has 2 aliphatic heterocycles. The largest absolute Gasteiger partial charge is 0.336 e. The Morgan fingerprint density at radius 3 is 2.55 bits per heavy atom. The van der Waals surface area contributed by atoms with Crippen LogP contribution < -0.4 is 5.32 Å². The molecule has 0 radical (unpaired) electrons. The van der Waals surface area contributed by atoms with Gasteiger partial charge in [0.25, 0.3) is 5.91 Å². The highest BCUT2D eigenvalue weighted by atomic mass is 35.5. The van der Waals surface area contributed by atoms with E-state index >= 15 is 0 Å². The Balaban J connectivity index is 1.65. The van der Waals surface area contributed by atoms with E-state index in [1.807, 2.05) is 0 Å². The van der Waals surface area contributed by atoms with Gasteiger partial charge in [0.2, 0.25) is 0 Å². The Bertz CT molecular complexity index is 513. The molecule has 2 aliphatic rings. The van der Waals surface area contributed by atoms with Gasteiger partial charge >= 0.3 is 0 Å². The minimum atomic E-state index is -0.621. The summed E-state index contributed by atoms with van der Waals surface area (Å²) in [4.78, 5) is 16.4. The molecule has 0 atom stereocenters. The number of nitrogens with zero attached hydrogens (tertiary/aromatic N) is 2. The molecule has 0 aromatic heterocycles. The molecular weight excluding hydrogens is 281 g/mol. The summed E-state index contributed by atoms with van der Waals surface area (Å²) in [6, 6.07) is 5.14. The maximum absolute atomic E-state index is 13.9. The molecule has 0 unspecified atom stereocenters. The highest BCUT2D eigenvalue weighted by Crippen LogP contribution is 2.20. The van der Waals surface area contributed by atoms with Gasteiger partial charge in [0, 0.05) is 45.3 Å². The lowest BCUT2D eigenvalue weighted by molar-refractivity contribution is 0.0498. The Morgan fingerprint density at radius 2 is 1.95 bits per heavy atom. The maximum Gasteiger partial charge on any atom is 0.256 e. The lowest BCUT2D eigenvalue weighted by atomic mass is 10.1. The SMILES string of the molecule is O=C(c1cccc(Cl)c1F)N1CCN(C2CNC2)CC1. The molecule has 2 heterocycles. The number of hydrogen-bond donors (Lipinski definition) is 1. The minimum Gasteiger partial charge on any atom is -0.336 e. The number of hydrogen-bond acceptors (Lipinski definition) is 3. The number of amides is 1. The van der Waals surface area contributed by atoms with Gasteiger partial charge in [0.1, 0.15) is 0 Å². The van der Waals surface area contributed by atoms with Gasteiger partial charge in [-0.2, -0.15) is 0 Å². The Hall–Kier alpha value is -1.17. The molecule has 3 rings (SSSR count). The van der Waals surface area contributed by atoms with E-state index in [9.17, 15) is 9.18 Å². The van der Waals surface area contributed by atoms with Crippen LogP contribution in [0.2, 0.25) is 5.02 Å². The summed E-state index contributed by atoms with van der Waals surface area (Å²) < 4.78 is 13.9. The van der Waals surface area contributed by atoms with Crippen LogP contribution in [-0.4, -0.2) is 61.0 Å². The number of carbonyl (C=O) groups excluding carboxylic acids is 1. The molecule has 108 valence electrons. The van der Waals surface area contributed by atoms with Gasteiger partial charge in [-0.3, -0.25) is 9.69 Å². The smallest absolute Gasteiger partial charge is 0.256 e. The van der Waals surface area contributed by atoms with E-state index in [-0.39, 0.29) is 16.5 Å².